The fourth-order valence-electron chi connectivity index (χ4n) is 1.66. The van der Waals surface area contributed by atoms with E-state index in [-0.39, 0.29) is 22.8 Å². The van der Waals surface area contributed by atoms with Gasteiger partial charge in [0, 0.05) is 11.5 Å². The van der Waals surface area contributed by atoms with E-state index < -0.39 is 9.84 Å². The average Bonchev–Trinajstić information content (AvgIpc) is 2.96. The van der Waals surface area contributed by atoms with Crippen molar-refractivity contribution in [1.82, 2.24) is 9.36 Å². The number of sulfone groups is 1. The van der Waals surface area contributed by atoms with Gasteiger partial charge in [-0.3, -0.25) is 0 Å². The largest absolute Gasteiger partial charge is 0.454 e. The first-order chi connectivity index (χ1) is 9.04. The van der Waals surface area contributed by atoms with Gasteiger partial charge in [-0.2, -0.15) is 9.36 Å². The normalized spacial score (nSPS) is 13.7. The van der Waals surface area contributed by atoms with Gasteiger partial charge in [-0.05, 0) is 17.7 Å². The van der Waals surface area contributed by atoms with E-state index in [9.17, 15) is 8.42 Å². The Morgan fingerprint density at radius 1 is 1.32 bits per heavy atom. The van der Waals surface area contributed by atoms with Crippen molar-refractivity contribution in [2.24, 2.45) is 0 Å². The molecule has 0 spiro atoms. The molecule has 1 aliphatic heterocycles. The van der Waals surface area contributed by atoms with Crippen LogP contribution in [0.4, 0.5) is 5.95 Å². The minimum Gasteiger partial charge on any atom is -0.454 e. The van der Waals surface area contributed by atoms with Gasteiger partial charge in [-0.25, -0.2) is 8.42 Å². The van der Waals surface area contributed by atoms with Crippen LogP contribution in [0.2, 0.25) is 0 Å². The van der Waals surface area contributed by atoms with Crippen LogP contribution in [-0.4, -0.2) is 24.6 Å². The predicted octanol–water partition coefficient (Wildman–Crippen LogP) is 0.823. The van der Waals surface area contributed by atoms with Crippen molar-refractivity contribution in [3.05, 3.63) is 23.8 Å². The predicted molar refractivity (Wildman–Crippen MR) is 67.8 cm³/mol. The summed E-state index contributed by atoms with van der Waals surface area (Å²) in [5, 5.41) is 0. The third-order valence-corrected chi connectivity index (χ3v) is 5.33. The van der Waals surface area contributed by atoms with Crippen LogP contribution in [0.5, 0.6) is 11.5 Å². The van der Waals surface area contributed by atoms with Crippen LogP contribution < -0.4 is 15.2 Å². The van der Waals surface area contributed by atoms with Crippen molar-refractivity contribution in [3.8, 4) is 11.5 Å². The number of fused-ring (bicyclic) bond motifs is 1. The Kier molecular flexibility index (Phi) is 2.79. The van der Waals surface area contributed by atoms with Crippen LogP contribution in [0.1, 0.15) is 5.56 Å². The molecule has 1 aromatic heterocycles. The SMILES string of the molecule is Nc1nsc(S(=O)(=O)Cc2ccc3c(c2)OCO3)n1. The highest BCUT2D eigenvalue weighted by Crippen LogP contribution is 2.33. The summed E-state index contributed by atoms with van der Waals surface area (Å²) in [5.74, 6) is 0.943. The number of benzene rings is 1. The molecular formula is C10H9N3O4S2. The Bertz CT molecular complexity index is 726. The molecule has 2 N–H and O–H groups in total. The lowest BCUT2D eigenvalue weighted by Crippen LogP contribution is -2.05. The number of nitrogen functional groups attached to an aromatic ring is 1. The van der Waals surface area contributed by atoms with Gasteiger partial charge in [-0.15, -0.1) is 0 Å². The van der Waals surface area contributed by atoms with Crippen LogP contribution in [0, 0.1) is 0 Å². The zero-order chi connectivity index (χ0) is 13.5. The summed E-state index contributed by atoms with van der Waals surface area (Å²) in [7, 11) is -3.54. The molecule has 0 saturated carbocycles. The number of hydrogen-bond acceptors (Lipinski definition) is 8. The van der Waals surface area contributed by atoms with Crippen LogP contribution in [0.15, 0.2) is 22.5 Å². The Balaban J connectivity index is 1.89. The standard InChI is InChI=1S/C10H9N3O4S2/c11-9-12-10(18-13-9)19(14,15)4-6-1-2-7-8(3-6)17-5-16-7/h1-3H,4-5H2,(H2,11,13). The van der Waals surface area contributed by atoms with E-state index in [1.807, 2.05) is 0 Å². The number of anilines is 1. The second-order valence-corrected chi connectivity index (χ2v) is 6.78. The van der Waals surface area contributed by atoms with Crippen molar-refractivity contribution in [3.63, 3.8) is 0 Å². The molecule has 2 heterocycles. The zero-order valence-electron chi connectivity index (χ0n) is 9.57. The van der Waals surface area contributed by atoms with Crippen molar-refractivity contribution in [2.75, 3.05) is 12.5 Å². The fraction of sp³-hybridized carbons (Fsp3) is 0.200. The summed E-state index contributed by atoms with van der Waals surface area (Å²) in [4.78, 5) is 3.69. The highest BCUT2D eigenvalue weighted by molar-refractivity contribution is 7.92. The molecule has 3 rings (SSSR count). The highest BCUT2D eigenvalue weighted by atomic mass is 32.2. The summed E-state index contributed by atoms with van der Waals surface area (Å²) < 4.78 is 38.1. The molecule has 0 saturated heterocycles. The van der Waals surface area contributed by atoms with Crippen LogP contribution in [0.3, 0.4) is 0 Å². The number of rotatable bonds is 3. The molecular weight excluding hydrogens is 290 g/mol. The van der Waals surface area contributed by atoms with Gasteiger partial charge >= 0.3 is 0 Å². The number of nitrogens with zero attached hydrogens (tertiary/aromatic N) is 2. The van der Waals surface area contributed by atoms with Gasteiger partial charge in [0.15, 0.2) is 11.5 Å². The first kappa shape index (κ1) is 12.2. The zero-order valence-corrected chi connectivity index (χ0v) is 11.2. The molecule has 0 bridgehead atoms. The van der Waals surface area contributed by atoms with Gasteiger partial charge in [0.2, 0.25) is 26.9 Å². The van der Waals surface area contributed by atoms with Crippen LogP contribution in [-0.2, 0) is 15.6 Å². The van der Waals surface area contributed by atoms with E-state index in [0.717, 1.165) is 11.5 Å². The molecule has 0 unspecified atom stereocenters. The molecule has 0 amide bonds. The first-order valence-corrected chi connectivity index (χ1v) is 7.68. The quantitative estimate of drug-likeness (QED) is 0.894. The Morgan fingerprint density at radius 3 is 2.84 bits per heavy atom. The van der Waals surface area contributed by atoms with Gasteiger partial charge in [0.1, 0.15) is 0 Å². The number of hydrogen-bond donors (Lipinski definition) is 1. The maximum absolute atomic E-state index is 12.1. The molecule has 7 nitrogen and oxygen atoms in total. The first-order valence-electron chi connectivity index (χ1n) is 5.25. The van der Waals surface area contributed by atoms with Crippen molar-refractivity contribution < 1.29 is 17.9 Å². The fourth-order valence-corrected chi connectivity index (χ4v) is 3.72. The second-order valence-electron chi connectivity index (χ2n) is 3.87. The minimum atomic E-state index is -3.54. The lowest BCUT2D eigenvalue weighted by molar-refractivity contribution is 0.174. The monoisotopic (exact) mass is 299 g/mol. The van der Waals surface area contributed by atoms with Gasteiger partial charge < -0.3 is 15.2 Å². The summed E-state index contributed by atoms with van der Waals surface area (Å²) in [6.07, 6.45) is 0. The highest BCUT2D eigenvalue weighted by Gasteiger charge is 2.22. The average molecular weight is 299 g/mol. The number of aromatic nitrogens is 2. The molecule has 1 aliphatic rings. The van der Waals surface area contributed by atoms with Gasteiger partial charge in [0.05, 0.1) is 5.75 Å². The molecule has 2 aromatic rings. The molecule has 0 aliphatic carbocycles. The van der Waals surface area contributed by atoms with Crippen molar-refractivity contribution in [1.29, 1.82) is 0 Å². The maximum Gasteiger partial charge on any atom is 0.233 e. The topological polar surface area (TPSA) is 104 Å². The van der Waals surface area contributed by atoms with E-state index in [4.69, 9.17) is 15.2 Å². The third kappa shape index (κ3) is 2.34. The maximum atomic E-state index is 12.1. The lowest BCUT2D eigenvalue weighted by Gasteiger charge is -2.02. The molecule has 0 fully saturated rings. The summed E-state index contributed by atoms with van der Waals surface area (Å²) in [5.41, 5.74) is 5.93. The molecule has 19 heavy (non-hydrogen) atoms. The van der Waals surface area contributed by atoms with Gasteiger partial charge in [0.25, 0.3) is 0 Å². The number of nitrogens with two attached hydrogens (primary N) is 1. The van der Waals surface area contributed by atoms with Crippen molar-refractivity contribution in [2.45, 2.75) is 10.1 Å². The lowest BCUT2D eigenvalue weighted by atomic mass is 10.2. The van der Waals surface area contributed by atoms with Gasteiger partial charge in [-0.1, -0.05) is 6.07 Å². The van der Waals surface area contributed by atoms with E-state index in [1.165, 1.54) is 0 Å². The van der Waals surface area contributed by atoms with Crippen LogP contribution >= 0.6 is 11.5 Å². The molecule has 1 aromatic carbocycles. The molecule has 0 atom stereocenters. The van der Waals surface area contributed by atoms with E-state index in [1.54, 1.807) is 18.2 Å². The van der Waals surface area contributed by atoms with E-state index >= 15 is 0 Å². The Labute approximate surface area is 113 Å². The molecule has 100 valence electrons. The number of ether oxygens (including phenoxy) is 2. The Morgan fingerprint density at radius 2 is 2.11 bits per heavy atom. The second kappa shape index (κ2) is 4.35. The van der Waals surface area contributed by atoms with E-state index in [0.29, 0.717) is 17.1 Å². The summed E-state index contributed by atoms with van der Waals surface area (Å²) >= 11 is 0.771. The minimum absolute atomic E-state index is 0.0331. The summed E-state index contributed by atoms with van der Waals surface area (Å²) in [6.45, 7) is 0.151. The smallest absolute Gasteiger partial charge is 0.233 e. The summed E-state index contributed by atoms with van der Waals surface area (Å²) in [6, 6.07) is 5.00. The molecule has 0 radical (unpaired) electrons. The Hall–Kier alpha value is -1.87. The van der Waals surface area contributed by atoms with Crippen LogP contribution in [0.25, 0.3) is 0 Å². The molecule has 9 heteroatoms. The van der Waals surface area contributed by atoms with Crippen molar-refractivity contribution >= 4 is 27.3 Å². The van der Waals surface area contributed by atoms with E-state index in [2.05, 4.69) is 9.36 Å². The third-order valence-electron chi connectivity index (χ3n) is 2.48.